The summed E-state index contributed by atoms with van der Waals surface area (Å²) in [5, 5.41) is 3.48. The third-order valence-electron chi connectivity index (χ3n) is 3.91. The molecule has 2 aromatic carbocycles. The van der Waals surface area contributed by atoms with Crippen molar-refractivity contribution in [1.82, 2.24) is 14.4 Å². The minimum Gasteiger partial charge on any atom is -0.494 e. The van der Waals surface area contributed by atoms with Crippen LogP contribution in [0.5, 0.6) is 5.75 Å². The highest BCUT2D eigenvalue weighted by molar-refractivity contribution is 5.79. The summed E-state index contributed by atoms with van der Waals surface area (Å²) in [7, 11) is 0. The van der Waals surface area contributed by atoms with Gasteiger partial charge in [0.25, 0.3) is 0 Å². The van der Waals surface area contributed by atoms with E-state index in [1.54, 1.807) is 12.4 Å². The minimum atomic E-state index is 0.658. The van der Waals surface area contributed by atoms with Crippen molar-refractivity contribution in [2.45, 2.75) is 6.92 Å². The summed E-state index contributed by atoms with van der Waals surface area (Å²) >= 11 is 0. The molecule has 4 rings (SSSR count). The van der Waals surface area contributed by atoms with Gasteiger partial charge >= 0.3 is 0 Å². The molecule has 2 aromatic heterocycles. The SMILES string of the molecule is CCOc1ccc(Nc2c(-c3ccccc3)nc3cnccn23)cc1. The molecule has 0 amide bonds. The third-order valence-corrected chi connectivity index (χ3v) is 3.91. The third kappa shape index (κ3) is 3.04. The van der Waals surface area contributed by atoms with E-state index in [0.29, 0.717) is 6.61 Å². The first-order chi connectivity index (χ1) is 12.3. The second-order valence-electron chi connectivity index (χ2n) is 5.56. The molecular weight excluding hydrogens is 312 g/mol. The predicted molar refractivity (Wildman–Crippen MR) is 99.3 cm³/mol. The van der Waals surface area contributed by atoms with Crippen molar-refractivity contribution in [3.8, 4) is 17.0 Å². The predicted octanol–water partition coefficient (Wildman–Crippen LogP) is 4.54. The van der Waals surface area contributed by atoms with Crippen molar-refractivity contribution in [3.05, 3.63) is 73.2 Å². The smallest absolute Gasteiger partial charge is 0.157 e. The fourth-order valence-corrected chi connectivity index (χ4v) is 2.76. The van der Waals surface area contributed by atoms with Gasteiger partial charge in [-0.15, -0.1) is 0 Å². The lowest BCUT2D eigenvalue weighted by molar-refractivity contribution is 0.340. The Kier molecular flexibility index (Phi) is 4.04. The summed E-state index contributed by atoms with van der Waals surface area (Å²) in [6.45, 7) is 2.63. The number of imidazole rings is 1. The van der Waals surface area contributed by atoms with Gasteiger partial charge in [-0.2, -0.15) is 0 Å². The first-order valence-electron chi connectivity index (χ1n) is 8.22. The van der Waals surface area contributed by atoms with E-state index in [9.17, 15) is 0 Å². The lowest BCUT2D eigenvalue weighted by Crippen LogP contribution is -1.97. The topological polar surface area (TPSA) is 51.5 Å². The summed E-state index contributed by atoms with van der Waals surface area (Å²) in [5.41, 5.74) is 3.72. The lowest BCUT2D eigenvalue weighted by atomic mass is 10.1. The van der Waals surface area contributed by atoms with Crippen molar-refractivity contribution >= 4 is 17.2 Å². The van der Waals surface area contributed by atoms with Gasteiger partial charge in [-0.25, -0.2) is 4.98 Å². The molecule has 0 radical (unpaired) electrons. The summed E-state index contributed by atoms with van der Waals surface area (Å²) in [6, 6.07) is 18.0. The van der Waals surface area contributed by atoms with Gasteiger partial charge in [0, 0.05) is 23.6 Å². The number of fused-ring (bicyclic) bond motifs is 1. The van der Waals surface area contributed by atoms with Crippen molar-refractivity contribution in [2.24, 2.45) is 0 Å². The van der Waals surface area contributed by atoms with E-state index in [1.165, 1.54) is 0 Å². The summed E-state index contributed by atoms with van der Waals surface area (Å²) in [4.78, 5) is 8.91. The van der Waals surface area contributed by atoms with Gasteiger partial charge in [-0.3, -0.25) is 9.38 Å². The molecule has 5 nitrogen and oxygen atoms in total. The quantitative estimate of drug-likeness (QED) is 0.584. The average molecular weight is 330 g/mol. The molecule has 25 heavy (non-hydrogen) atoms. The first kappa shape index (κ1) is 15.2. The summed E-state index contributed by atoms with van der Waals surface area (Å²) in [6.07, 6.45) is 5.42. The molecule has 0 bridgehead atoms. The molecule has 0 fully saturated rings. The van der Waals surface area contributed by atoms with Crippen molar-refractivity contribution in [3.63, 3.8) is 0 Å². The fourth-order valence-electron chi connectivity index (χ4n) is 2.76. The van der Waals surface area contributed by atoms with E-state index in [2.05, 4.69) is 22.4 Å². The molecule has 1 N–H and O–H groups in total. The second kappa shape index (κ2) is 6.65. The number of nitrogens with zero attached hydrogens (tertiary/aromatic N) is 3. The lowest BCUT2D eigenvalue weighted by Gasteiger charge is -2.10. The van der Waals surface area contributed by atoms with Gasteiger partial charge in [-0.05, 0) is 31.2 Å². The first-order valence-corrected chi connectivity index (χ1v) is 8.22. The molecule has 0 aliphatic rings. The van der Waals surface area contributed by atoms with Crippen LogP contribution in [0.15, 0.2) is 73.2 Å². The van der Waals surface area contributed by atoms with E-state index < -0.39 is 0 Å². The molecule has 0 saturated carbocycles. The molecule has 0 atom stereocenters. The minimum absolute atomic E-state index is 0.658. The molecule has 4 aromatic rings. The van der Waals surface area contributed by atoms with E-state index in [1.807, 2.05) is 60.0 Å². The van der Waals surface area contributed by atoms with Gasteiger partial charge in [0.2, 0.25) is 0 Å². The van der Waals surface area contributed by atoms with Crippen LogP contribution < -0.4 is 10.1 Å². The molecule has 124 valence electrons. The van der Waals surface area contributed by atoms with Gasteiger partial charge in [-0.1, -0.05) is 30.3 Å². The zero-order valence-corrected chi connectivity index (χ0v) is 13.9. The molecular formula is C20H18N4O. The van der Waals surface area contributed by atoms with E-state index in [0.717, 1.165) is 34.2 Å². The molecule has 0 spiro atoms. The Morgan fingerprint density at radius 1 is 1.04 bits per heavy atom. The highest BCUT2D eigenvalue weighted by Gasteiger charge is 2.14. The summed E-state index contributed by atoms with van der Waals surface area (Å²) < 4.78 is 7.51. The number of benzene rings is 2. The highest BCUT2D eigenvalue weighted by atomic mass is 16.5. The number of nitrogens with one attached hydrogen (secondary N) is 1. The zero-order valence-electron chi connectivity index (χ0n) is 13.9. The van der Waals surface area contributed by atoms with E-state index in [-0.39, 0.29) is 0 Å². The van der Waals surface area contributed by atoms with E-state index >= 15 is 0 Å². The van der Waals surface area contributed by atoms with Crippen LogP contribution in [0.2, 0.25) is 0 Å². The van der Waals surface area contributed by atoms with Crippen LogP contribution in [0.25, 0.3) is 16.9 Å². The Bertz CT molecular complexity index is 978. The molecule has 0 unspecified atom stereocenters. The van der Waals surface area contributed by atoms with Crippen LogP contribution in [0, 0.1) is 0 Å². The maximum absolute atomic E-state index is 5.51. The molecule has 0 aliphatic carbocycles. The largest absolute Gasteiger partial charge is 0.494 e. The Hall–Kier alpha value is -3.34. The van der Waals surface area contributed by atoms with Gasteiger partial charge in [0.05, 0.1) is 12.8 Å². The molecule has 0 aliphatic heterocycles. The maximum Gasteiger partial charge on any atom is 0.157 e. The number of hydrogen-bond donors (Lipinski definition) is 1. The molecule has 5 heteroatoms. The standard InChI is InChI=1S/C20H18N4O/c1-2-25-17-10-8-16(9-11-17)22-20-19(15-6-4-3-5-7-15)23-18-14-21-12-13-24(18)20/h3-14,22H,2H2,1H3. The normalized spacial score (nSPS) is 10.8. The van der Waals surface area contributed by atoms with Crippen LogP contribution in [0.4, 0.5) is 11.5 Å². The van der Waals surface area contributed by atoms with Gasteiger partial charge < -0.3 is 10.1 Å². The number of rotatable bonds is 5. The van der Waals surface area contributed by atoms with Crippen molar-refractivity contribution < 1.29 is 4.74 Å². The van der Waals surface area contributed by atoms with E-state index in [4.69, 9.17) is 9.72 Å². The Morgan fingerprint density at radius 3 is 2.60 bits per heavy atom. The van der Waals surface area contributed by atoms with Crippen LogP contribution in [0.3, 0.4) is 0 Å². The fraction of sp³-hybridized carbons (Fsp3) is 0.100. The van der Waals surface area contributed by atoms with Crippen LogP contribution in [-0.2, 0) is 0 Å². The number of anilines is 2. The van der Waals surface area contributed by atoms with Crippen LogP contribution in [0.1, 0.15) is 6.92 Å². The van der Waals surface area contributed by atoms with Gasteiger partial charge in [0.15, 0.2) is 5.65 Å². The van der Waals surface area contributed by atoms with Crippen LogP contribution >= 0.6 is 0 Å². The maximum atomic E-state index is 5.51. The number of aromatic nitrogens is 3. The molecule has 2 heterocycles. The van der Waals surface area contributed by atoms with Gasteiger partial charge in [0.1, 0.15) is 17.3 Å². The Balaban J connectivity index is 1.77. The average Bonchev–Trinajstić information content (AvgIpc) is 3.03. The number of ether oxygens (including phenoxy) is 1. The summed E-state index contributed by atoms with van der Waals surface area (Å²) in [5.74, 6) is 1.77. The Labute approximate surface area is 145 Å². The second-order valence-corrected chi connectivity index (χ2v) is 5.56. The van der Waals surface area contributed by atoms with Crippen LogP contribution in [-0.4, -0.2) is 21.0 Å². The zero-order chi connectivity index (χ0) is 17.1. The Morgan fingerprint density at radius 2 is 1.84 bits per heavy atom. The van der Waals surface area contributed by atoms with Crippen molar-refractivity contribution in [1.29, 1.82) is 0 Å². The number of hydrogen-bond acceptors (Lipinski definition) is 4. The monoisotopic (exact) mass is 330 g/mol. The van der Waals surface area contributed by atoms with Crippen molar-refractivity contribution in [2.75, 3.05) is 11.9 Å². The highest BCUT2D eigenvalue weighted by Crippen LogP contribution is 2.31. The molecule has 0 saturated heterocycles.